The zero-order chi connectivity index (χ0) is 41.6. The molecule has 0 unspecified atom stereocenters. The zero-order valence-corrected chi connectivity index (χ0v) is 33.2. The Balaban J connectivity index is 1.35. The SMILES string of the molecule is COC(=O)N(Cc1ccccc1)[C@H]1C[C@@H](c2cccc(C(F)(F)F)c2)CC[C@@H]1Nc1cc(F)c(S(=O)(=O)N(Cc2ccc(OC)cc2OC)c2ccncn2)cc1Cl. The van der Waals surface area contributed by atoms with Gasteiger partial charge < -0.3 is 19.5 Å². The van der Waals surface area contributed by atoms with Crippen molar-refractivity contribution in [1.82, 2.24) is 14.9 Å². The number of methoxy groups -OCH3 is 3. The number of benzene rings is 4. The molecule has 0 aliphatic heterocycles. The van der Waals surface area contributed by atoms with Crippen LogP contribution in [-0.2, 0) is 34.0 Å². The first-order valence-electron chi connectivity index (χ1n) is 18.0. The molecule has 1 fully saturated rings. The molecule has 1 aliphatic carbocycles. The van der Waals surface area contributed by atoms with Crippen molar-refractivity contribution in [2.24, 2.45) is 0 Å². The summed E-state index contributed by atoms with van der Waals surface area (Å²) < 4.78 is 103. The predicted octanol–water partition coefficient (Wildman–Crippen LogP) is 9.09. The van der Waals surface area contributed by atoms with Crippen LogP contribution in [0.15, 0.2) is 108 Å². The van der Waals surface area contributed by atoms with E-state index in [9.17, 15) is 26.4 Å². The van der Waals surface area contributed by atoms with Gasteiger partial charge in [-0.15, -0.1) is 0 Å². The normalized spacial score (nSPS) is 16.9. The molecule has 17 heteroatoms. The Morgan fingerprint density at radius 1 is 0.931 bits per heavy atom. The molecule has 1 aromatic heterocycles. The molecular weight excluding hydrogens is 802 g/mol. The maximum Gasteiger partial charge on any atom is 0.416 e. The number of anilines is 2. The maximum absolute atomic E-state index is 16.3. The fraction of sp³-hybridized carbons (Fsp3) is 0.293. The lowest BCUT2D eigenvalue weighted by atomic mass is 9.77. The quantitative estimate of drug-likeness (QED) is 0.116. The van der Waals surface area contributed by atoms with Crippen LogP contribution in [0.1, 0.15) is 47.4 Å². The fourth-order valence-electron chi connectivity index (χ4n) is 7.16. The molecule has 1 saturated carbocycles. The minimum atomic E-state index is -4.70. The van der Waals surface area contributed by atoms with Gasteiger partial charge in [-0.2, -0.15) is 13.2 Å². The third kappa shape index (κ3) is 9.39. The van der Waals surface area contributed by atoms with Gasteiger partial charge >= 0.3 is 12.3 Å². The number of aromatic nitrogens is 2. The first-order valence-corrected chi connectivity index (χ1v) is 19.9. The van der Waals surface area contributed by atoms with Crippen molar-refractivity contribution in [2.75, 3.05) is 31.0 Å². The monoisotopic (exact) mass is 841 g/mol. The lowest BCUT2D eigenvalue weighted by Crippen LogP contribution is -2.52. The fourth-order valence-corrected chi connectivity index (χ4v) is 8.91. The molecule has 5 aromatic rings. The van der Waals surface area contributed by atoms with E-state index >= 15 is 4.39 Å². The number of hydrogen-bond donors (Lipinski definition) is 1. The molecule has 11 nitrogen and oxygen atoms in total. The minimum absolute atomic E-state index is 0.0422. The van der Waals surface area contributed by atoms with Crippen molar-refractivity contribution in [3.63, 3.8) is 0 Å². The van der Waals surface area contributed by atoms with Gasteiger partial charge in [-0.3, -0.25) is 4.90 Å². The van der Waals surface area contributed by atoms with E-state index in [1.165, 1.54) is 44.6 Å². The molecule has 0 radical (unpaired) electrons. The molecule has 58 heavy (non-hydrogen) atoms. The number of halogens is 5. The van der Waals surface area contributed by atoms with Gasteiger partial charge in [-0.25, -0.2) is 31.9 Å². The van der Waals surface area contributed by atoms with Crippen molar-refractivity contribution in [2.45, 2.75) is 61.4 Å². The van der Waals surface area contributed by atoms with E-state index in [0.717, 1.165) is 40.5 Å². The molecule has 1 heterocycles. The summed E-state index contributed by atoms with van der Waals surface area (Å²) in [7, 11) is -0.576. The molecule has 0 bridgehead atoms. The summed E-state index contributed by atoms with van der Waals surface area (Å²) in [6.07, 6.45) is -1.78. The average molecular weight is 842 g/mol. The maximum atomic E-state index is 16.3. The molecule has 1 aliphatic rings. The lowest BCUT2D eigenvalue weighted by molar-refractivity contribution is -0.137. The van der Waals surface area contributed by atoms with E-state index in [4.69, 9.17) is 25.8 Å². The highest BCUT2D eigenvalue weighted by molar-refractivity contribution is 7.92. The van der Waals surface area contributed by atoms with E-state index in [1.54, 1.807) is 24.3 Å². The Bertz CT molecular complexity index is 2330. The van der Waals surface area contributed by atoms with Crippen molar-refractivity contribution < 1.29 is 45.0 Å². The number of carbonyl (C=O) groups excluding carboxylic acids is 1. The largest absolute Gasteiger partial charge is 0.497 e. The molecule has 3 atom stereocenters. The standard InChI is InChI=1S/C41H40ClF4N5O6S/c1-55-31-14-12-29(37(20-31)56-2)24-51(39-16-17-47-25-48-39)58(53,54)38-21-32(42)35(22-33(38)43)49-34-15-13-28(27-10-7-11-30(18-27)41(44,45)46)19-36(34)50(40(52)57-3)23-26-8-5-4-6-9-26/h4-12,14,16-18,20-22,25,28,34,36,49H,13,15,19,23-24H2,1-3H3/t28-,34-,36-/m0/s1. The summed E-state index contributed by atoms with van der Waals surface area (Å²) in [4.78, 5) is 22.2. The van der Waals surface area contributed by atoms with Crippen LogP contribution in [0, 0.1) is 5.82 Å². The Morgan fingerprint density at radius 3 is 2.38 bits per heavy atom. The van der Waals surface area contributed by atoms with Gasteiger partial charge in [-0.05, 0) is 66.6 Å². The summed E-state index contributed by atoms with van der Waals surface area (Å²) in [6.45, 7) is -0.214. The van der Waals surface area contributed by atoms with Gasteiger partial charge in [0.25, 0.3) is 10.0 Å². The molecule has 0 spiro atoms. The number of nitrogens with one attached hydrogen (secondary N) is 1. The second kappa shape index (κ2) is 17.9. The highest BCUT2D eigenvalue weighted by atomic mass is 35.5. The first-order chi connectivity index (χ1) is 27.7. The van der Waals surface area contributed by atoms with Crippen molar-refractivity contribution in [3.05, 3.63) is 137 Å². The van der Waals surface area contributed by atoms with E-state index in [-0.39, 0.29) is 42.0 Å². The molecular formula is C41H40ClF4N5O6S. The molecule has 4 aromatic carbocycles. The number of rotatable bonds is 13. The number of ether oxygens (including phenoxy) is 3. The number of alkyl halides is 3. The van der Waals surface area contributed by atoms with E-state index in [1.807, 2.05) is 30.3 Å². The third-order valence-electron chi connectivity index (χ3n) is 10.1. The van der Waals surface area contributed by atoms with Crippen LogP contribution in [0.5, 0.6) is 11.5 Å². The van der Waals surface area contributed by atoms with Gasteiger partial charge in [0.1, 0.15) is 34.4 Å². The number of carbonyl (C=O) groups is 1. The van der Waals surface area contributed by atoms with Crippen LogP contribution in [0.25, 0.3) is 0 Å². The highest BCUT2D eigenvalue weighted by Gasteiger charge is 2.40. The molecule has 1 amide bonds. The van der Waals surface area contributed by atoms with Crippen LogP contribution in [-0.4, -0.2) is 62.8 Å². The van der Waals surface area contributed by atoms with Gasteiger partial charge in [0.2, 0.25) is 0 Å². The van der Waals surface area contributed by atoms with Crippen LogP contribution in [0.4, 0.5) is 33.9 Å². The summed E-state index contributed by atoms with van der Waals surface area (Å²) in [5.74, 6) is -0.773. The summed E-state index contributed by atoms with van der Waals surface area (Å²) >= 11 is 6.77. The van der Waals surface area contributed by atoms with Crippen LogP contribution >= 0.6 is 11.6 Å². The smallest absolute Gasteiger partial charge is 0.416 e. The molecule has 0 saturated heterocycles. The van der Waals surface area contributed by atoms with Gasteiger partial charge in [0.05, 0.1) is 50.2 Å². The van der Waals surface area contributed by atoms with Gasteiger partial charge in [0, 0.05) is 36.5 Å². The number of amides is 1. The second-order valence-corrected chi connectivity index (χ2v) is 15.8. The minimum Gasteiger partial charge on any atom is -0.497 e. The molecule has 6 rings (SSSR count). The predicted molar refractivity (Wildman–Crippen MR) is 210 cm³/mol. The van der Waals surface area contributed by atoms with Gasteiger partial charge in [0.15, 0.2) is 0 Å². The zero-order valence-electron chi connectivity index (χ0n) is 31.6. The average Bonchev–Trinajstić information content (AvgIpc) is 3.23. The number of sulfonamides is 1. The highest BCUT2D eigenvalue weighted by Crippen LogP contribution is 2.41. The number of nitrogens with zero attached hydrogens (tertiary/aromatic N) is 4. The Kier molecular flexibility index (Phi) is 13.0. The van der Waals surface area contributed by atoms with Crippen molar-refractivity contribution in [1.29, 1.82) is 0 Å². The van der Waals surface area contributed by atoms with Crippen LogP contribution in [0.2, 0.25) is 5.02 Å². The van der Waals surface area contributed by atoms with Crippen molar-refractivity contribution >= 4 is 39.2 Å². The Labute approximate surface area is 338 Å². The van der Waals surface area contributed by atoms with Crippen LogP contribution < -0.4 is 19.1 Å². The Hall–Kier alpha value is -5.61. The summed E-state index contributed by atoms with van der Waals surface area (Å²) in [5, 5.41) is 3.10. The summed E-state index contributed by atoms with van der Waals surface area (Å²) in [6, 6.07) is 21.0. The topological polar surface area (TPSA) is 123 Å². The second-order valence-electron chi connectivity index (χ2n) is 13.6. The summed E-state index contributed by atoms with van der Waals surface area (Å²) in [5.41, 5.74) is 0.914. The van der Waals surface area contributed by atoms with E-state index < -0.39 is 50.7 Å². The van der Waals surface area contributed by atoms with Crippen molar-refractivity contribution in [3.8, 4) is 11.5 Å². The Morgan fingerprint density at radius 2 is 1.71 bits per heavy atom. The first kappa shape index (κ1) is 42.0. The molecule has 1 N–H and O–H groups in total. The third-order valence-corrected chi connectivity index (χ3v) is 12.1. The van der Waals surface area contributed by atoms with E-state index in [0.29, 0.717) is 35.5 Å². The molecule has 306 valence electrons. The van der Waals surface area contributed by atoms with E-state index in [2.05, 4.69) is 15.3 Å². The van der Waals surface area contributed by atoms with Crippen LogP contribution in [0.3, 0.4) is 0 Å². The number of hydrogen-bond acceptors (Lipinski definition) is 9. The van der Waals surface area contributed by atoms with Gasteiger partial charge in [-0.1, -0.05) is 60.1 Å². The lowest BCUT2D eigenvalue weighted by Gasteiger charge is -2.43.